The van der Waals surface area contributed by atoms with Crippen LogP contribution in [0, 0.1) is 0 Å². The topological polar surface area (TPSA) is 56.1 Å². The molecular formula is C21H27N3O2. The predicted molar refractivity (Wildman–Crippen MR) is 102 cm³/mol. The van der Waals surface area contributed by atoms with E-state index < -0.39 is 0 Å². The fourth-order valence-corrected chi connectivity index (χ4v) is 4.30. The van der Waals surface area contributed by atoms with Crippen LogP contribution in [0.15, 0.2) is 35.1 Å². The van der Waals surface area contributed by atoms with Crippen molar-refractivity contribution in [3.05, 3.63) is 57.5 Å². The van der Waals surface area contributed by atoms with Crippen LogP contribution in [0.3, 0.4) is 0 Å². The maximum absolute atomic E-state index is 12.4. The number of aromatic nitrogens is 2. The van der Waals surface area contributed by atoms with E-state index >= 15 is 0 Å². The zero-order valence-electron chi connectivity index (χ0n) is 15.4. The van der Waals surface area contributed by atoms with E-state index in [9.17, 15) is 4.79 Å². The van der Waals surface area contributed by atoms with Gasteiger partial charge in [0.1, 0.15) is 5.75 Å². The van der Waals surface area contributed by atoms with Gasteiger partial charge in [-0.2, -0.15) is 5.10 Å². The van der Waals surface area contributed by atoms with Gasteiger partial charge < -0.3 is 10.1 Å². The summed E-state index contributed by atoms with van der Waals surface area (Å²) in [5, 5.41) is 8.34. The first kappa shape index (κ1) is 17.3. The lowest BCUT2D eigenvalue weighted by Crippen LogP contribution is -2.36. The molecule has 0 atom stereocenters. The highest BCUT2D eigenvalue weighted by atomic mass is 16.5. The number of hydrogen-bond acceptors (Lipinski definition) is 4. The van der Waals surface area contributed by atoms with E-state index in [4.69, 9.17) is 4.74 Å². The van der Waals surface area contributed by atoms with Crippen LogP contribution in [0.2, 0.25) is 0 Å². The fourth-order valence-electron chi connectivity index (χ4n) is 4.30. The number of fused-ring (bicyclic) bond motifs is 1. The summed E-state index contributed by atoms with van der Waals surface area (Å²) in [6, 6.07) is 10.7. The first-order valence-corrected chi connectivity index (χ1v) is 9.71. The third kappa shape index (κ3) is 3.54. The van der Waals surface area contributed by atoms with E-state index in [1.807, 2.05) is 24.3 Å². The van der Waals surface area contributed by atoms with Gasteiger partial charge in [0.25, 0.3) is 5.56 Å². The van der Waals surface area contributed by atoms with Crippen LogP contribution in [-0.4, -0.2) is 22.9 Å². The summed E-state index contributed by atoms with van der Waals surface area (Å²) in [4.78, 5) is 12.4. The zero-order valence-corrected chi connectivity index (χ0v) is 15.4. The van der Waals surface area contributed by atoms with Gasteiger partial charge in [-0.1, -0.05) is 18.2 Å². The van der Waals surface area contributed by atoms with E-state index in [-0.39, 0.29) is 11.6 Å². The molecule has 1 saturated carbocycles. The molecule has 1 aromatic carbocycles. The number of nitrogens with zero attached hydrogens (tertiary/aromatic N) is 2. The standard InChI is InChI=1S/C21H27N3O2/c1-26-20-8-3-2-5-16(20)14-22-17-9-11-18(12-10-17)24-21(25)13-15-6-4-7-19(15)23-24/h2-3,5,8,13,17-18,22H,4,6-7,9-12,14H2,1H3. The summed E-state index contributed by atoms with van der Waals surface area (Å²) >= 11 is 0. The van der Waals surface area contributed by atoms with E-state index in [2.05, 4.69) is 16.5 Å². The highest BCUT2D eigenvalue weighted by Crippen LogP contribution is 2.28. The van der Waals surface area contributed by atoms with Crippen LogP contribution < -0.4 is 15.6 Å². The van der Waals surface area contributed by atoms with Gasteiger partial charge in [-0.05, 0) is 56.6 Å². The minimum Gasteiger partial charge on any atom is -0.496 e. The second-order valence-electron chi connectivity index (χ2n) is 7.45. The lowest BCUT2D eigenvalue weighted by atomic mass is 9.91. The summed E-state index contributed by atoms with van der Waals surface area (Å²) in [6.45, 7) is 0.816. The van der Waals surface area contributed by atoms with E-state index in [1.54, 1.807) is 11.8 Å². The maximum Gasteiger partial charge on any atom is 0.267 e. The molecule has 0 radical (unpaired) electrons. The normalized spacial score (nSPS) is 22.2. The van der Waals surface area contributed by atoms with E-state index in [0.29, 0.717) is 6.04 Å². The van der Waals surface area contributed by atoms with Crippen molar-refractivity contribution in [3.8, 4) is 5.75 Å². The van der Waals surface area contributed by atoms with Crippen molar-refractivity contribution in [2.75, 3.05) is 7.11 Å². The first-order chi connectivity index (χ1) is 12.7. The van der Waals surface area contributed by atoms with Crippen molar-refractivity contribution in [3.63, 3.8) is 0 Å². The number of methoxy groups -OCH3 is 1. The lowest BCUT2D eigenvalue weighted by Gasteiger charge is -2.30. The number of benzene rings is 1. The number of hydrogen-bond donors (Lipinski definition) is 1. The van der Waals surface area contributed by atoms with Crippen LogP contribution in [0.4, 0.5) is 0 Å². The van der Waals surface area contributed by atoms with Crippen molar-refractivity contribution < 1.29 is 4.74 Å². The molecule has 2 aromatic rings. The molecule has 0 unspecified atom stereocenters. The molecule has 1 aromatic heterocycles. The van der Waals surface area contributed by atoms with Crippen LogP contribution in [0.1, 0.15) is 55.0 Å². The molecule has 1 heterocycles. The van der Waals surface area contributed by atoms with Gasteiger partial charge in [0.2, 0.25) is 0 Å². The Morgan fingerprint density at radius 1 is 1.19 bits per heavy atom. The summed E-state index contributed by atoms with van der Waals surface area (Å²) in [5.74, 6) is 0.933. The monoisotopic (exact) mass is 353 g/mol. The first-order valence-electron chi connectivity index (χ1n) is 9.71. The Kier molecular flexibility index (Phi) is 5.07. The second kappa shape index (κ2) is 7.62. The average molecular weight is 353 g/mol. The molecule has 0 aliphatic heterocycles. The Morgan fingerprint density at radius 2 is 2.00 bits per heavy atom. The van der Waals surface area contributed by atoms with Crippen molar-refractivity contribution in [1.82, 2.24) is 15.1 Å². The van der Waals surface area contributed by atoms with Gasteiger partial charge in [-0.25, -0.2) is 4.68 Å². The Hall–Kier alpha value is -2.14. The summed E-state index contributed by atoms with van der Waals surface area (Å²) in [7, 11) is 1.71. The number of nitrogens with one attached hydrogen (secondary N) is 1. The minimum absolute atomic E-state index is 0.0797. The molecule has 5 heteroatoms. The quantitative estimate of drug-likeness (QED) is 0.898. The lowest BCUT2D eigenvalue weighted by molar-refractivity contribution is 0.267. The molecule has 0 spiro atoms. The van der Waals surface area contributed by atoms with Gasteiger partial charge in [0, 0.05) is 24.2 Å². The molecule has 2 aliphatic carbocycles. The Balaban J connectivity index is 1.35. The largest absolute Gasteiger partial charge is 0.496 e. The second-order valence-corrected chi connectivity index (χ2v) is 7.45. The molecule has 26 heavy (non-hydrogen) atoms. The molecule has 0 amide bonds. The van der Waals surface area contributed by atoms with Crippen LogP contribution in [-0.2, 0) is 19.4 Å². The van der Waals surface area contributed by atoms with E-state index in [0.717, 1.165) is 62.9 Å². The molecule has 5 nitrogen and oxygen atoms in total. The van der Waals surface area contributed by atoms with Gasteiger partial charge in [-0.3, -0.25) is 4.79 Å². The van der Waals surface area contributed by atoms with Crippen molar-refractivity contribution in [1.29, 1.82) is 0 Å². The molecular weight excluding hydrogens is 326 g/mol. The third-order valence-corrected chi connectivity index (χ3v) is 5.80. The zero-order chi connectivity index (χ0) is 17.9. The molecule has 2 aliphatic rings. The maximum atomic E-state index is 12.4. The van der Waals surface area contributed by atoms with E-state index in [1.165, 1.54) is 11.1 Å². The van der Waals surface area contributed by atoms with Crippen molar-refractivity contribution in [2.45, 2.75) is 63.6 Å². The predicted octanol–water partition coefficient (Wildman–Crippen LogP) is 3.01. The SMILES string of the molecule is COc1ccccc1CNC1CCC(n2nc3c(cc2=O)CCC3)CC1. The van der Waals surface area contributed by atoms with Crippen molar-refractivity contribution in [2.24, 2.45) is 0 Å². The number of rotatable bonds is 5. The number of aryl methyl sites for hydroxylation is 2. The number of ether oxygens (including phenoxy) is 1. The van der Waals surface area contributed by atoms with Crippen molar-refractivity contribution >= 4 is 0 Å². The van der Waals surface area contributed by atoms with Crippen LogP contribution in [0.5, 0.6) is 5.75 Å². The van der Waals surface area contributed by atoms with Gasteiger partial charge in [0.05, 0.1) is 18.8 Å². The average Bonchev–Trinajstić information content (AvgIpc) is 3.13. The highest BCUT2D eigenvalue weighted by molar-refractivity contribution is 5.33. The molecule has 0 saturated heterocycles. The minimum atomic E-state index is 0.0797. The molecule has 138 valence electrons. The summed E-state index contributed by atoms with van der Waals surface area (Å²) in [5.41, 5.74) is 3.57. The van der Waals surface area contributed by atoms with Gasteiger partial charge >= 0.3 is 0 Å². The van der Waals surface area contributed by atoms with Crippen LogP contribution >= 0.6 is 0 Å². The highest BCUT2D eigenvalue weighted by Gasteiger charge is 2.25. The number of para-hydroxylation sites is 1. The fraction of sp³-hybridized carbons (Fsp3) is 0.524. The van der Waals surface area contributed by atoms with Gasteiger partial charge in [-0.15, -0.1) is 0 Å². The van der Waals surface area contributed by atoms with Gasteiger partial charge in [0.15, 0.2) is 0 Å². The Bertz CT molecular complexity index is 822. The van der Waals surface area contributed by atoms with Crippen LogP contribution in [0.25, 0.3) is 0 Å². The summed E-state index contributed by atoms with van der Waals surface area (Å²) in [6.07, 6.45) is 7.33. The Morgan fingerprint density at radius 3 is 2.81 bits per heavy atom. The molecule has 1 fully saturated rings. The Labute approximate surface area is 154 Å². The smallest absolute Gasteiger partial charge is 0.267 e. The third-order valence-electron chi connectivity index (χ3n) is 5.80. The summed E-state index contributed by atoms with van der Waals surface area (Å²) < 4.78 is 7.19. The molecule has 0 bridgehead atoms. The molecule has 1 N–H and O–H groups in total. The molecule has 4 rings (SSSR count).